The molecule has 120 valence electrons. The molecule has 0 unspecified atom stereocenters. The van der Waals surface area contributed by atoms with Crippen LogP contribution in [0.3, 0.4) is 0 Å². The van der Waals surface area contributed by atoms with Gasteiger partial charge in [0.05, 0.1) is 15.1 Å². The van der Waals surface area contributed by atoms with Crippen molar-refractivity contribution in [3.8, 4) is 0 Å². The van der Waals surface area contributed by atoms with Crippen molar-refractivity contribution < 1.29 is 12.8 Å². The first-order valence-corrected chi connectivity index (χ1v) is 9.33. The highest BCUT2D eigenvalue weighted by Crippen LogP contribution is 2.20. The van der Waals surface area contributed by atoms with E-state index in [1.165, 1.54) is 23.5 Å². The predicted molar refractivity (Wildman–Crippen MR) is 89.4 cm³/mol. The monoisotopic (exact) mass is 350 g/mol. The van der Waals surface area contributed by atoms with Crippen molar-refractivity contribution in [1.82, 2.24) is 4.57 Å². The van der Waals surface area contributed by atoms with E-state index in [2.05, 4.69) is 4.40 Å². The Hall–Kier alpha value is -1.99. The predicted octanol–water partition coefficient (Wildman–Crippen LogP) is 3.46. The van der Waals surface area contributed by atoms with Gasteiger partial charge in [-0.25, -0.2) is 4.39 Å². The van der Waals surface area contributed by atoms with Crippen molar-refractivity contribution >= 4 is 31.6 Å². The van der Waals surface area contributed by atoms with Crippen LogP contribution in [0.4, 0.5) is 4.39 Å². The van der Waals surface area contributed by atoms with Crippen molar-refractivity contribution in [3.05, 3.63) is 58.6 Å². The van der Waals surface area contributed by atoms with Crippen LogP contribution >= 0.6 is 11.3 Å². The van der Waals surface area contributed by atoms with Crippen LogP contribution in [0.5, 0.6) is 0 Å². The maximum atomic E-state index is 13.0. The van der Waals surface area contributed by atoms with E-state index in [9.17, 15) is 12.8 Å². The standard InChI is InChI=1S/C16H15FN2O2S2/c1-3-19-14-9-4-11(2)10-15(14)22-16(19)18-23(20,21)13-7-5-12(17)6-8-13/h4-10H,3H2,1-2H3. The Labute approximate surface area is 137 Å². The van der Waals surface area contributed by atoms with Gasteiger partial charge in [-0.1, -0.05) is 17.4 Å². The summed E-state index contributed by atoms with van der Waals surface area (Å²) in [5, 5.41) is 0. The molecule has 3 rings (SSSR count). The molecule has 1 aromatic heterocycles. The Balaban J connectivity index is 2.22. The number of hydrogen-bond acceptors (Lipinski definition) is 3. The van der Waals surface area contributed by atoms with Crippen LogP contribution in [0.25, 0.3) is 10.2 Å². The normalized spacial score (nSPS) is 12.9. The third-order valence-corrected chi connectivity index (χ3v) is 5.90. The zero-order valence-electron chi connectivity index (χ0n) is 12.7. The quantitative estimate of drug-likeness (QED) is 0.726. The fraction of sp³-hybridized carbons (Fsp3) is 0.188. The van der Waals surface area contributed by atoms with Gasteiger partial charge in [0.1, 0.15) is 5.82 Å². The third kappa shape index (κ3) is 3.07. The summed E-state index contributed by atoms with van der Waals surface area (Å²) < 4.78 is 44.6. The lowest BCUT2D eigenvalue weighted by Crippen LogP contribution is -2.16. The maximum Gasteiger partial charge on any atom is 0.285 e. The Morgan fingerprint density at radius 2 is 1.87 bits per heavy atom. The fourth-order valence-electron chi connectivity index (χ4n) is 2.32. The van der Waals surface area contributed by atoms with Crippen molar-refractivity contribution in [1.29, 1.82) is 0 Å². The summed E-state index contributed by atoms with van der Waals surface area (Å²) in [6.45, 7) is 4.54. The highest BCUT2D eigenvalue weighted by Gasteiger charge is 2.14. The lowest BCUT2D eigenvalue weighted by atomic mass is 10.2. The van der Waals surface area contributed by atoms with Crippen molar-refractivity contribution in [3.63, 3.8) is 0 Å². The SMILES string of the molecule is CCn1c(=NS(=O)(=O)c2ccc(F)cc2)sc2cc(C)ccc21. The number of nitrogens with zero attached hydrogens (tertiary/aromatic N) is 2. The molecule has 0 saturated carbocycles. The average Bonchev–Trinajstić information content (AvgIpc) is 2.82. The molecule has 0 saturated heterocycles. The first-order chi connectivity index (χ1) is 10.9. The van der Waals surface area contributed by atoms with Gasteiger partial charge in [-0.05, 0) is 55.8 Å². The van der Waals surface area contributed by atoms with Gasteiger partial charge in [-0.3, -0.25) is 0 Å². The molecule has 0 bridgehead atoms. The molecular weight excluding hydrogens is 335 g/mol. The second-order valence-corrected chi connectivity index (χ2v) is 7.73. The number of aryl methyl sites for hydroxylation is 2. The van der Waals surface area contributed by atoms with Gasteiger partial charge >= 0.3 is 0 Å². The highest BCUT2D eigenvalue weighted by atomic mass is 32.2. The van der Waals surface area contributed by atoms with Gasteiger partial charge in [-0.2, -0.15) is 8.42 Å². The third-order valence-electron chi connectivity index (χ3n) is 3.46. The fourth-order valence-corrected chi connectivity index (χ4v) is 4.71. The van der Waals surface area contributed by atoms with E-state index in [0.717, 1.165) is 27.9 Å². The zero-order chi connectivity index (χ0) is 16.6. The molecule has 2 aromatic carbocycles. The van der Waals surface area contributed by atoms with Gasteiger partial charge < -0.3 is 4.57 Å². The minimum Gasteiger partial charge on any atom is -0.316 e. The topological polar surface area (TPSA) is 51.4 Å². The second kappa shape index (κ2) is 5.90. The molecule has 0 atom stereocenters. The number of aromatic nitrogens is 1. The number of halogens is 1. The van der Waals surface area contributed by atoms with Gasteiger partial charge in [0.25, 0.3) is 10.0 Å². The number of hydrogen-bond donors (Lipinski definition) is 0. The molecule has 0 radical (unpaired) electrons. The zero-order valence-corrected chi connectivity index (χ0v) is 14.3. The van der Waals surface area contributed by atoms with E-state index in [1.807, 2.05) is 36.6 Å². The minimum atomic E-state index is -3.87. The van der Waals surface area contributed by atoms with E-state index in [4.69, 9.17) is 0 Å². The maximum absolute atomic E-state index is 13.0. The van der Waals surface area contributed by atoms with E-state index < -0.39 is 15.8 Å². The van der Waals surface area contributed by atoms with Crippen LogP contribution in [0.1, 0.15) is 12.5 Å². The van der Waals surface area contributed by atoms with Crippen LogP contribution in [-0.4, -0.2) is 13.0 Å². The van der Waals surface area contributed by atoms with E-state index in [1.54, 1.807) is 0 Å². The lowest BCUT2D eigenvalue weighted by Gasteiger charge is -2.01. The molecule has 7 heteroatoms. The summed E-state index contributed by atoms with van der Waals surface area (Å²) in [6.07, 6.45) is 0. The lowest BCUT2D eigenvalue weighted by molar-refractivity contribution is 0.594. The van der Waals surface area contributed by atoms with Gasteiger partial charge in [0.15, 0.2) is 0 Å². The molecule has 0 spiro atoms. The van der Waals surface area contributed by atoms with Crippen LogP contribution in [-0.2, 0) is 16.6 Å². The van der Waals surface area contributed by atoms with Gasteiger partial charge in [0.2, 0.25) is 4.80 Å². The highest BCUT2D eigenvalue weighted by molar-refractivity contribution is 7.90. The molecule has 1 heterocycles. The summed E-state index contributed by atoms with van der Waals surface area (Å²) in [4.78, 5) is 0.396. The van der Waals surface area contributed by atoms with Crippen molar-refractivity contribution in [2.24, 2.45) is 4.40 Å². The van der Waals surface area contributed by atoms with Crippen LogP contribution in [0.2, 0.25) is 0 Å². The molecule has 23 heavy (non-hydrogen) atoms. The Bertz CT molecular complexity index is 1030. The van der Waals surface area contributed by atoms with Gasteiger partial charge in [-0.15, -0.1) is 4.40 Å². The van der Waals surface area contributed by atoms with E-state index in [0.29, 0.717) is 11.3 Å². The van der Waals surface area contributed by atoms with Crippen LogP contribution < -0.4 is 4.80 Å². The summed E-state index contributed by atoms with van der Waals surface area (Å²) >= 11 is 1.33. The number of thiazole rings is 1. The van der Waals surface area contributed by atoms with E-state index >= 15 is 0 Å². The molecule has 3 aromatic rings. The number of fused-ring (bicyclic) bond motifs is 1. The molecule has 0 fully saturated rings. The number of rotatable bonds is 3. The minimum absolute atomic E-state index is 0.0183. The van der Waals surface area contributed by atoms with Crippen LogP contribution in [0.15, 0.2) is 51.8 Å². The molecular formula is C16H15FN2O2S2. The van der Waals surface area contributed by atoms with Crippen molar-refractivity contribution in [2.45, 2.75) is 25.3 Å². The molecule has 0 aliphatic rings. The van der Waals surface area contributed by atoms with Crippen molar-refractivity contribution in [2.75, 3.05) is 0 Å². The molecule has 0 aliphatic carbocycles. The molecule has 0 N–H and O–H groups in total. The second-order valence-electron chi connectivity index (χ2n) is 5.12. The number of benzene rings is 2. The summed E-state index contributed by atoms with van der Waals surface area (Å²) in [5.41, 5.74) is 2.06. The molecule has 4 nitrogen and oxygen atoms in total. The van der Waals surface area contributed by atoms with E-state index in [-0.39, 0.29) is 4.90 Å². The Morgan fingerprint density at radius 1 is 1.17 bits per heavy atom. The molecule has 0 amide bonds. The summed E-state index contributed by atoms with van der Waals surface area (Å²) in [7, 11) is -3.87. The number of sulfonamides is 1. The molecule has 0 aliphatic heterocycles. The largest absolute Gasteiger partial charge is 0.316 e. The first kappa shape index (κ1) is 15.9. The average molecular weight is 350 g/mol. The van der Waals surface area contributed by atoms with Crippen LogP contribution in [0, 0.1) is 12.7 Å². The Morgan fingerprint density at radius 3 is 2.52 bits per heavy atom. The summed E-state index contributed by atoms with van der Waals surface area (Å²) in [5.74, 6) is -0.482. The smallest absolute Gasteiger partial charge is 0.285 e. The Kier molecular flexibility index (Phi) is 4.08. The first-order valence-electron chi connectivity index (χ1n) is 7.07. The summed E-state index contributed by atoms with van der Waals surface area (Å²) in [6, 6.07) is 10.6. The van der Waals surface area contributed by atoms with Gasteiger partial charge in [0, 0.05) is 6.54 Å².